The van der Waals surface area contributed by atoms with Crippen molar-refractivity contribution in [3.63, 3.8) is 0 Å². The Morgan fingerprint density at radius 2 is 0.938 bits per heavy atom. The highest BCUT2D eigenvalue weighted by Gasteiger charge is 2.38. The number of carboxylic acid groups (broad SMARTS) is 2. The molecule has 0 saturated carbocycles. The van der Waals surface area contributed by atoms with Crippen molar-refractivity contribution in [1.29, 1.82) is 5.53 Å². The van der Waals surface area contributed by atoms with Crippen LogP contribution in [0.25, 0.3) is 0 Å². The number of hydrogen-bond acceptors (Lipinski definition) is 16. The number of carbonyl (C=O) groups excluding carboxylic acids is 9. The first-order chi connectivity index (χ1) is 37.8. The van der Waals surface area contributed by atoms with E-state index >= 15 is 0 Å². The molecular formula is C52H94N13O15+. The summed E-state index contributed by atoms with van der Waals surface area (Å²) in [5.74, 6) is -12.0. The van der Waals surface area contributed by atoms with E-state index in [0.717, 1.165) is 62.7 Å². The number of nitrogens with one attached hydrogen (secondary N) is 9. The van der Waals surface area contributed by atoms with Gasteiger partial charge in [-0.05, 0) is 37.5 Å². The highest BCUT2D eigenvalue weighted by molar-refractivity contribution is 5.99. The molecule has 1 unspecified atom stereocenters. The summed E-state index contributed by atoms with van der Waals surface area (Å²) in [6, 6.07) is -12.1. The van der Waals surface area contributed by atoms with E-state index in [4.69, 9.17) is 11.3 Å². The molecule has 0 fully saturated rings. The lowest BCUT2D eigenvalue weighted by Crippen LogP contribution is -2.62. The molecule has 0 aliphatic heterocycles. The van der Waals surface area contributed by atoms with Crippen LogP contribution >= 0.6 is 0 Å². The topological polar surface area (TPSA) is 444 Å². The first-order valence-electron chi connectivity index (χ1n) is 27.9. The SMILES string of the molecule is CCCCCCCC[C@H](NC(=O)[C@H](CC(=O)O)NC(=O)[C@H](CC(C)C)N(C)C(=O)[C@H](CO)NC(=O)[C@H](CC(C)C)NC(=O)[C@H](CO)NC(=O)[C@H](CCCCCCCC)NC(CCN=[N+]=N)NC(C)=O)C(=O)N[C@@H](CC(=O)O)C(N)=O. The smallest absolute Gasteiger partial charge is 0.305 e. The number of aliphatic hydroxyl groups excluding tert-OH is 2. The Balaban J connectivity index is 6.63. The molecule has 0 bridgehead atoms. The maximum atomic E-state index is 14.2. The van der Waals surface area contributed by atoms with Gasteiger partial charge in [0.25, 0.3) is 0 Å². The third kappa shape index (κ3) is 31.2. The van der Waals surface area contributed by atoms with Gasteiger partial charge >= 0.3 is 11.9 Å². The van der Waals surface area contributed by atoms with Crippen LogP contribution in [-0.4, -0.2) is 172 Å². The van der Waals surface area contributed by atoms with E-state index in [0.29, 0.717) is 19.3 Å². The van der Waals surface area contributed by atoms with E-state index in [9.17, 15) is 73.2 Å². The van der Waals surface area contributed by atoms with Crippen LogP contribution in [0.3, 0.4) is 0 Å². The molecule has 0 saturated heterocycles. The lowest BCUT2D eigenvalue weighted by molar-refractivity contribution is -0.145. The summed E-state index contributed by atoms with van der Waals surface area (Å²) in [5, 5.41) is 63.9. The van der Waals surface area contributed by atoms with Gasteiger partial charge in [0, 0.05) is 20.4 Å². The number of amides is 9. The van der Waals surface area contributed by atoms with Crippen LogP contribution in [0.4, 0.5) is 0 Å². The molecule has 0 radical (unpaired) electrons. The number of carboxylic acids is 2. The van der Waals surface area contributed by atoms with Gasteiger partial charge in [0.1, 0.15) is 59.5 Å². The number of aliphatic carboxylic acids is 2. The van der Waals surface area contributed by atoms with Crippen molar-refractivity contribution in [2.45, 2.75) is 225 Å². The van der Waals surface area contributed by atoms with E-state index in [1.165, 1.54) is 14.0 Å². The third-order valence-electron chi connectivity index (χ3n) is 12.8. The molecule has 456 valence electrons. The number of aliphatic hydroxyl groups is 2. The number of primary amides is 1. The van der Waals surface area contributed by atoms with Crippen molar-refractivity contribution >= 4 is 65.1 Å². The molecular weight excluding hydrogens is 1050 g/mol. The summed E-state index contributed by atoms with van der Waals surface area (Å²) >= 11 is 0. The maximum Gasteiger partial charge on any atom is 0.305 e. The molecule has 28 nitrogen and oxygen atoms in total. The maximum absolute atomic E-state index is 14.2. The molecule has 0 rings (SSSR count). The number of nitrogens with two attached hydrogens (primary N) is 1. The van der Waals surface area contributed by atoms with Gasteiger partial charge in [-0.25, -0.2) is 0 Å². The number of rotatable bonds is 45. The average molecular weight is 1140 g/mol. The zero-order valence-corrected chi connectivity index (χ0v) is 48.1. The Bertz CT molecular complexity index is 2040. The Kier molecular flexibility index (Phi) is 37.9. The van der Waals surface area contributed by atoms with Crippen LogP contribution in [0.5, 0.6) is 0 Å². The van der Waals surface area contributed by atoms with Crippen molar-refractivity contribution in [2.75, 3.05) is 26.8 Å². The van der Waals surface area contributed by atoms with E-state index in [1.54, 1.807) is 27.7 Å². The molecule has 9 atom stereocenters. The standard InChI is InChI=1S/C52H93N13O15/c1-9-11-13-15-17-19-21-34(57-42(56-33(7)68)23-24-55-64-54)46(74)62-39(29-66)50(78)60-37(25-31(3)4)48(76)63-40(30-67)52(80)65(8)41(26-32(5)6)51(79)61-38(28-44(71)72)49(77)58-35(22-20-18-16-14-12-10-2)47(75)59-36(45(53)73)27-43(69)70/h31-32,34-42,54,57,66-67H,9-30H2,1-8H3,(H10-,53,56,58,59,60,61,62,63,68,69,70,71,72,73,74,75,76,77,78,79)/p+1/t34-,35-,36-,37-,38-,39-,40-,41-,42?/m0/s1. The molecule has 0 aromatic carbocycles. The van der Waals surface area contributed by atoms with Gasteiger partial charge in [0.15, 0.2) is 0 Å². The summed E-state index contributed by atoms with van der Waals surface area (Å²) in [7, 11) is 1.18. The predicted molar refractivity (Wildman–Crippen MR) is 292 cm³/mol. The highest BCUT2D eigenvalue weighted by Crippen LogP contribution is 2.16. The monoisotopic (exact) mass is 1140 g/mol. The Morgan fingerprint density at radius 3 is 1.43 bits per heavy atom. The highest BCUT2D eigenvalue weighted by atomic mass is 16.4. The minimum absolute atomic E-state index is 0.0256. The van der Waals surface area contributed by atoms with Gasteiger partial charge in [-0.1, -0.05) is 119 Å². The summed E-state index contributed by atoms with van der Waals surface area (Å²) in [6.07, 6.45) is 7.61. The van der Waals surface area contributed by atoms with Crippen molar-refractivity contribution in [3.8, 4) is 0 Å². The van der Waals surface area contributed by atoms with Gasteiger partial charge < -0.3 is 68.3 Å². The van der Waals surface area contributed by atoms with Crippen LogP contribution in [0.15, 0.2) is 5.11 Å². The van der Waals surface area contributed by atoms with Crippen LogP contribution in [-0.2, 0) is 52.7 Å². The molecule has 0 aromatic heterocycles. The molecule has 28 heteroatoms. The van der Waals surface area contributed by atoms with Crippen molar-refractivity contribution in [2.24, 2.45) is 22.7 Å². The summed E-state index contributed by atoms with van der Waals surface area (Å²) < 4.78 is 0. The first kappa shape index (κ1) is 73.4. The Morgan fingerprint density at radius 1 is 0.525 bits per heavy atom. The molecule has 0 heterocycles. The lowest BCUT2D eigenvalue weighted by atomic mass is 9.99. The summed E-state index contributed by atoms with van der Waals surface area (Å²) in [4.78, 5) is 149. The minimum atomic E-state index is -1.86. The van der Waals surface area contributed by atoms with E-state index in [2.05, 4.69) is 59.5 Å². The molecule has 80 heavy (non-hydrogen) atoms. The zero-order chi connectivity index (χ0) is 60.9. The molecule has 15 N–H and O–H groups in total. The largest absolute Gasteiger partial charge is 0.481 e. The third-order valence-corrected chi connectivity index (χ3v) is 12.8. The second kappa shape index (κ2) is 41.4. The fraction of sp³-hybridized carbons (Fsp3) is 0.788. The van der Waals surface area contributed by atoms with Crippen molar-refractivity contribution in [3.05, 3.63) is 0 Å². The second-order valence-electron chi connectivity index (χ2n) is 20.9. The summed E-state index contributed by atoms with van der Waals surface area (Å²) in [5.41, 5.74) is 12.3. The number of unbranched alkanes of at least 4 members (excludes halogenated alkanes) is 10. The minimum Gasteiger partial charge on any atom is -0.481 e. The first-order valence-corrected chi connectivity index (χ1v) is 27.9. The second-order valence-corrected chi connectivity index (χ2v) is 20.9. The van der Waals surface area contributed by atoms with Crippen LogP contribution in [0.2, 0.25) is 0 Å². The Hall–Kier alpha value is -6.64. The van der Waals surface area contributed by atoms with E-state index in [1.807, 2.05) is 6.92 Å². The Labute approximate surface area is 469 Å². The average Bonchev–Trinajstić information content (AvgIpc) is 3.37. The number of nitrogens with zero attached hydrogens (tertiary/aromatic N) is 3. The summed E-state index contributed by atoms with van der Waals surface area (Å²) in [6.45, 7) is 10.4. The van der Waals surface area contributed by atoms with Gasteiger partial charge in [-0.15, -0.1) is 0 Å². The van der Waals surface area contributed by atoms with Crippen LogP contribution < -0.4 is 53.2 Å². The molecule has 0 aliphatic carbocycles. The van der Waals surface area contributed by atoms with Gasteiger partial charge in [-0.3, -0.25) is 58.1 Å². The molecule has 0 aromatic rings. The van der Waals surface area contributed by atoms with Crippen LogP contribution in [0, 0.1) is 17.4 Å². The zero-order valence-electron chi connectivity index (χ0n) is 48.1. The lowest BCUT2D eigenvalue weighted by Gasteiger charge is -2.33. The van der Waals surface area contributed by atoms with Crippen LogP contribution in [0.1, 0.15) is 170 Å². The quantitative estimate of drug-likeness (QED) is 0.0166. The van der Waals surface area contributed by atoms with Crippen molar-refractivity contribution in [1.82, 2.24) is 52.3 Å². The van der Waals surface area contributed by atoms with Gasteiger partial charge in [-0.2, -0.15) is 0 Å². The molecule has 9 amide bonds. The van der Waals surface area contributed by atoms with Gasteiger partial charge in [0.2, 0.25) is 58.1 Å². The normalized spacial score (nSPS) is 14.5. The van der Waals surface area contributed by atoms with Gasteiger partial charge in [0.05, 0.1) is 38.3 Å². The fourth-order valence-corrected chi connectivity index (χ4v) is 8.52. The molecule has 0 spiro atoms. The van der Waals surface area contributed by atoms with E-state index in [-0.39, 0.29) is 50.5 Å². The number of likely N-dealkylation sites (N-methyl/N-ethyl adjacent to an activating group) is 1. The predicted octanol–water partition coefficient (Wildman–Crippen LogP) is 0.0958. The van der Waals surface area contributed by atoms with E-state index < -0.39 is 146 Å². The van der Waals surface area contributed by atoms with Crippen molar-refractivity contribution < 1.29 is 73.2 Å². The number of carbonyl (C=O) groups is 11. The fourth-order valence-electron chi connectivity index (χ4n) is 8.52. The number of hydrogen-bond donors (Lipinski definition) is 14. The molecule has 0 aliphatic rings.